The summed E-state index contributed by atoms with van der Waals surface area (Å²) in [5, 5.41) is 1.65. The van der Waals surface area contributed by atoms with E-state index in [4.69, 9.17) is 0 Å². The molecule has 0 bridgehead atoms. The summed E-state index contributed by atoms with van der Waals surface area (Å²) in [5.41, 5.74) is 3.70. The molecule has 0 atom stereocenters. The first-order valence-electron chi connectivity index (χ1n) is 7.19. The standard InChI is InChI=1S/C17H14FN5/c1-23(2)16-12(18)8-21-17-15(16)11-6-13(20-9-14(11)22-17)10-4-3-5-19-7-10/h3-9H,1-2H3,(H,21,22). The van der Waals surface area contributed by atoms with Gasteiger partial charge in [-0.15, -0.1) is 0 Å². The molecule has 0 fully saturated rings. The topological polar surface area (TPSA) is 57.7 Å². The first-order chi connectivity index (χ1) is 11.1. The highest BCUT2D eigenvalue weighted by molar-refractivity contribution is 6.12. The van der Waals surface area contributed by atoms with Gasteiger partial charge in [0.1, 0.15) is 5.65 Å². The quantitative estimate of drug-likeness (QED) is 0.617. The summed E-state index contributed by atoms with van der Waals surface area (Å²) >= 11 is 0. The van der Waals surface area contributed by atoms with Gasteiger partial charge in [-0.1, -0.05) is 0 Å². The number of hydrogen-bond donors (Lipinski definition) is 1. The number of aromatic amines is 1. The average molecular weight is 307 g/mol. The van der Waals surface area contributed by atoms with E-state index >= 15 is 0 Å². The highest BCUT2D eigenvalue weighted by atomic mass is 19.1. The van der Waals surface area contributed by atoms with E-state index in [0.29, 0.717) is 11.3 Å². The second-order valence-electron chi connectivity index (χ2n) is 5.55. The van der Waals surface area contributed by atoms with Crippen molar-refractivity contribution in [2.75, 3.05) is 19.0 Å². The molecule has 6 heteroatoms. The van der Waals surface area contributed by atoms with E-state index in [0.717, 1.165) is 27.5 Å². The molecule has 0 aliphatic heterocycles. The highest BCUT2D eigenvalue weighted by Gasteiger charge is 2.16. The Labute approximate surface area is 131 Å². The molecule has 4 aromatic heterocycles. The van der Waals surface area contributed by atoms with Crippen molar-refractivity contribution in [3.8, 4) is 11.3 Å². The molecule has 0 aliphatic carbocycles. The molecule has 4 aromatic rings. The van der Waals surface area contributed by atoms with Gasteiger partial charge < -0.3 is 9.88 Å². The zero-order chi connectivity index (χ0) is 16.0. The fourth-order valence-electron chi connectivity index (χ4n) is 2.83. The molecule has 0 spiro atoms. The zero-order valence-corrected chi connectivity index (χ0v) is 12.7. The third kappa shape index (κ3) is 2.11. The molecule has 0 saturated carbocycles. The van der Waals surface area contributed by atoms with E-state index in [1.54, 1.807) is 23.5 Å². The van der Waals surface area contributed by atoms with Crippen LogP contribution in [0.25, 0.3) is 33.2 Å². The van der Waals surface area contributed by atoms with E-state index in [2.05, 4.69) is 19.9 Å². The molecule has 4 rings (SSSR count). The van der Waals surface area contributed by atoms with Crippen LogP contribution in [-0.4, -0.2) is 34.0 Å². The van der Waals surface area contributed by atoms with E-state index < -0.39 is 0 Å². The number of aromatic nitrogens is 4. The van der Waals surface area contributed by atoms with Gasteiger partial charge in [0.2, 0.25) is 0 Å². The van der Waals surface area contributed by atoms with Gasteiger partial charge in [0.15, 0.2) is 5.82 Å². The van der Waals surface area contributed by atoms with Crippen LogP contribution in [0.15, 0.2) is 43.0 Å². The molecular formula is C17H14FN5. The van der Waals surface area contributed by atoms with E-state index in [-0.39, 0.29) is 5.82 Å². The van der Waals surface area contributed by atoms with Gasteiger partial charge in [0, 0.05) is 37.4 Å². The number of rotatable bonds is 2. The molecule has 1 N–H and O–H groups in total. The van der Waals surface area contributed by atoms with Crippen molar-refractivity contribution < 1.29 is 4.39 Å². The third-order valence-electron chi connectivity index (χ3n) is 3.84. The molecule has 5 nitrogen and oxygen atoms in total. The van der Waals surface area contributed by atoms with Crippen LogP contribution in [-0.2, 0) is 0 Å². The van der Waals surface area contributed by atoms with Crippen molar-refractivity contribution in [3.63, 3.8) is 0 Å². The highest BCUT2D eigenvalue weighted by Crippen LogP contribution is 2.34. The van der Waals surface area contributed by atoms with Crippen LogP contribution in [0.3, 0.4) is 0 Å². The number of H-pyrrole nitrogens is 1. The molecule has 4 heterocycles. The fraction of sp³-hybridized carbons (Fsp3) is 0.118. The first-order valence-corrected chi connectivity index (χ1v) is 7.19. The van der Waals surface area contributed by atoms with Gasteiger partial charge >= 0.3 is 0 Å². The van der Waals surface area contributed by atoms with Gasteiger partial charge in [-0.25, -0.2) is 9.37 Å². The molecule has 0 aliphatic rings. The Morgan fingerprint density at radius 3 is 2.74 bits per heavy atom. The Hall–Kier alpha value is -3.02. The monoisotopic (exact) mass is 307 g/mol. The van der Waals surface area contributed by atoms with Crippen molar-refractivity contribution in [1.82, 2.24) is 19.9 Å². The summed E-state index contributed by atoms with van der Waals surface area (Å²) in [6.45, 7) is 0. The second kappa shape index (κ2) is 5.01. The minimum atomic E-state index is -0.344. The van der Waals surface area contributed by atoms with Crippen LogP contribution in [0.5, 0.6) is 0 Å². The summed E-state index contributed by atoms with van der Waals surface area (Å²) in [6, 6.07) is 5.75. The van der Waals surface area contributed by atoms with Crippen LogP contribution in [0, 0.1) is 5.82 Å². The van der Waals surface area contributed by atoms with Crippen molar-refractivity contribution in [2.24, 2.45) is 0 Å². The van der Waals surface area contributed by atoms with E-state index in [1.165, 1.54) is 6.20 Å². The second-order valence-corrected chi connectivity index (χ2v) is 5.55. The number of anilines is 1. The number of halogens is 1. The molecule has 0 aromatic carbocycles. The van der Waals surface area contributed by atoms with Crippen LogP contribution >= 0.6 is 0 Å². The summed E-state index contributed by atoms with van der Waals surface area (Å²) in [6.07, 6.45) is 6.46. The van der Waals surface area contributed by atoms with Crippen LogP contribution < -0.4 is 4.90 Å². The SMILES string of the molecule is CN(C)c1c(F)cnc2[nH]c3cnc(-c4cccnc4)cc3c12. The minimum Gasteiger partial charge on any atom is -0.375 e. The Morgan fingerprint density at radius 2 is 2.00 bits per heavy atom. The van der Waals surface area contributed by atoms with E-state index in [1.807, 2.05) is 32.3 Å². The van der Waals surface area contributed by atoms with Gasteiger partial charge in [0.05, 0.1) is 34.7 Å². The molecular weight excluding hydrogens is 293 g/mol. The van der Waals surface area contributed by atoms with Crippen LogP contribution in [0.4, 0.5) is 10.1 Å². The maximum absolute atomic E-state index is 14.3. The maximum atomic E-state index is 14.3. The molecule has 0 unspecified atom stereocenters. The maximum Gasteiger partial charge on any atom is 0.165 e. The van der Waals surface area contributed by atoms with Crippen LogP contribution in [0.1, 0.15) is 0 Å². The number of fused-ring (bicyclic) bond motifs is 3. The zero-order valence-electron chi connectivity index (χ0n) is 12.7. The number of nitrogens with zero attached hydrogens (tertiary/aromatic N) is 4. The number of pyridine rings is 3. The van der Waals surface area contributed by atoms with Crippen molar-refractivity contribution in [3.05, 3.63) is 48.8 Å². The average Bonchev–Trinajstić information content (AvgIpc) is 2.93. The summed E-state index contributed by atoms with van der Waals surface area (Å²) in [5.74, 6) is -0.344. The minimum absolute atomic E-state index is 0.344. The predicted octanol–water partition coefficient (Wildman–Crippen LogP) is 3.38. The smallest absolute Gasteiger partial charge is 0.165 e. The van der Waals surface area contributed by atoms with Crippen molar-refractivity contribution in [2.45, 2.75) is 0 Å². The molecule has 0 amide bonds. The lowest BCUT2D eigenvalue weighted by atomic mass is 10.1. The largest absolute Gasteiger partial charge is 0.375 e. The molecule has 23 heavy (non-hydrogen) atoms. The lowest BCUT2D eigenvalue weighted by Gasteiger charge is -2.14. The van der Waals surface area contributed by atoms with Gasteiger partial charge in [-0.2, -0.15) is 0 Å². The normalized spacial score (nSPS) is 11.3. The third-order valence-corrected chi connectivity index (χ3v) is 3.84. The number of nitrogens with one attached hydrogen (secondary N) is 1. The van der Waals surface area contributed by atoms with Crippen LogP contribution in [0.2, 0.25) is 0 Å². The summed E-state index contributed by atoms with van der Waals surface area (Å²) in [7, 11) is 3.64. The van der Waals surface area contributed by atoms with Gasteiger partial charge in [0.25, 0.3) is 0 Å². The Kier molecular flexibility index (Phi) is 2.97. The summed E-state index contributed by atoms with van der Waals surface area (Å²) < 4.78 is 14.3. The predicted molar refractivity (Wildman–Crippen MR) is 88.9 cm³/mol. The lowest BCUT2D eigenvalue weighted by Crippen LogP contribution is -2.11. The Balaban J connectivity index is 2.07. The van der Waals surface area contributed by atoms with Crippen molar-refractivity contribution in [1.29, 1.82) is 0 Å². The Bertz CT molecular complexity index is 1010. The first kappa shape index (κ1) is 13.6. The van der Waals surface area contributed by atoms with Gasteiger partial charge in [-0.05, 0) is 18.2 Å². The Morgan fingerprint density at radius 1 is 1.13 bits per heavy atom. The fourth-order valence-corrected chi connectivity index (χ4v) is 2.83. The molecule has 0 saturated heterocycles. The summed E-state index contributed by atoms with van der Waals surface area (Å²) in [4.78, 5) is 17.7. The van der Waals surface area contributed by atoms with Crippen molar-refractivity contribution >= 4 is 27.6 Å². The molecule has 114 valence electrons. The molecule has 0 radical (unpaired) electrons. The van der Waals surface area contributed by atoms with Gasteiger partial charge in [-0.3, -0.25) is 9.97 Å². The lowest BCUT2D eigenvalue weighted by molar-refractivity contribution is 0.622. The van der Waals surface area contributed by atoms with E-state index in [9.17, 15) is 4.39 Å². The number of hydrogen-bond acceptors (Lipinski definition) is 4.